The summed E-state index contributed by atoms with van der Waals surface area (Å²) < 4.78 is 1.93. The molecule has 7 heteroatoms. The molecule has 6 nitrogen and oxygen atoms in total. The van der Waals surface area contributed by atoms with E-state index >= 15 is 0 Å². The van der Waals surface area contributed by atoms with Crippen LogP contribution in [-0.2, 0) is 19.3 Å². The molecule has 0 atom stereocenters. The minimum absolute atomic E-state index is 0.751. The van der Waals surface area contributed by atoms with Crippen molar-refractivity contribution >= 4 is 22.8 Å². The number of anilines is 1. The van der Waals surface area contributed by atoms with E-state index in [1.807, 2.05) is 35.1 Å². The Bertz CT molecular complexity index is 884. The number of rotatable bonds is 3. The number of nitrogens with zero attached hydrogens (tertiary/aromatic N) is 6. The molecule has 0 bridgehead atoms. The SMILES string of the molecule is Cc1nnc2cc(N3CCC(Cc4nc5c(s4)CCC5)CC3)ncn12. The van der Waals surface area contributed by atoms with E-state index in [-0.39, 0.29) is 0 Å². The molecule has 0 radical (unpaired) electrons. The van der Waals surface area contributed by atoms with Crippen LogP contribution in [0.5, 0.6) is 0 Å². The second-order valence-corrected chi connectivity index (χ2v) is 8.36. The van der Waals surface area contributed by atoms with Gasteiger partial charge in [0.25, 0.3) is 0 Å². The van der Waals surface area contributed by atoms with Crippen molar-refractivity contribution in [2.45, 2.75) is 45.4 Å². The molecule has 25 heavy (non-hydrogen) atoms. The highest BCUT2D eigenvalue weighted by Gasteiger charge is 2.23. The Morgan fingerprint density at radius 3 is 2.92 bits per heavy atom. The second kappa shape index (κ2) is 6.05. The summed E-state index contributed by atoms with van der Waals surface area (Å²) in [7, 11) is 0. The summed E-state index contributed by atoms with van der Waals surface area (Å²) >= 11 is 1.96. The number of fused-ring (bicyclic) bond motifs is 2. The third kappa shape index (κ3) is 2.80. The summed E-state index contributed by atoms with van der Waals surface area (Å²) in [5.74, 6) is 2.65. The van der Waals surface area contributed by atoms with Crippen LogP contribution in [0.15, 0.2) is 12.4 Å². The van der Waals surface area contributed by atoms with Crippen LogP contribution >= 0.6 is 11.3 Å². The third-order valence-corrected chi connectivity index (χ3v) is 6.68. The average Bonchev–Trinajstić information content (AvgIpc) is 3.31. The fraction of sp³-hybridized carbons (Fsp3) is 0.556. The zero-order chi connectivity index (χ0) is 16.8. The largest absolute Gasteiger partial charge is 0.356 e. The van der Waals surface area contributed by atoms with Crippen LogP contribution in [0.4, 0.5) is 5.82 Å². The summed E-state index contributed by atoms with van der Waals surface area (Å²) in [5, 5.41) is 9.68. The first kappa shape index (κ1) is 15.3. The van der Waals surface area contributed by atoms with E-state index in [2.05, 4.69) is 20.1 Å². The number of thiazole rings is 1. The van der Waals surface area contributed by atoms with Crippen LogP contribution in [-0.4, -0.2) is 37.7 Å². The highest BCUT2D eigenvalue weighted by atomic mass is 32.1. The summed E-state index contributed by atoms with van der Waals surface area (Å²) in [6.07, 6.45) is 9.16. The van der Waals surface area contributed by atoms with Crippen molar-refractivity contribution in [1.29, 1.82) is 0 Å². The maximum absolute atomic E-state index is 4.87. The topological polar surface area (TPSA) is 59.2 Å². The van der Waals surface area contributed by atoms with Gasteiger partial charge in [-0.25, -0.2) is 9.97 Å². The molecule has 0 spiro atoms. The van der Waals surface area contributed by atoms with Gasteiger partial charge in [-0.1, -0.05) is 0 Å². The number of hydrogen-bond acceptors (Lipinski definition) is 6. The predicted molar refractivity (Wildman–Crippen MR) is 98.3 cm³/mol. The molecule has 0 amide bonds. The van der Waals surface area contributed by atoms with E-state index in [9.17, 15) is 0 Å². The van der Waals surface area contributed by atoms with Crippen LogP contribution in [0.1, 0.15) is 40.7 Å². The van der Waals surface area contributed by atoms with Gasteiger partial charge in [0.05, 0.1) is 10.7 Å². The van der Waals surface area contributed by atoms with Crippen molar-refractivity contribution in [1.82, 2.24) is 24.6 Å². The number of piperidine rings is 1. The minimum Gasteiger partial charge on any atom is -0.356 e. The first-order valence-corrected chi connectivity index (χ1v) is 9.98. The van der Waals surface area contributed by atoms with Gasteiger partial charge in [0.1, 0.15) is 18.0 Å². The van der Waals surface area contributed by atoms with E-state index in [1.54, 1.807) is 4.88 Å². The molecule has 3 aromatic rings. The van der Waals surface area contributed by atoms with Crippen LogP contribution in [0.25, 0.3) is 5.65 Å². The van der Waals surface area contributed by atoms with Gasteiger partial charge in [-0.05, 0) is 44.9 Å². The maximum Gasteiger partial charge on any atom is 0.165 e. The Morgan fingerprint density at radius 1 is 1.20 bits per heavy atom. The second-order valence-electron chi connectivity index (χ2n) is 7.19. The molecule has 1 aliphatic heterocycles. The van der Waals surface area contributed by atoms with Gasteiger partial charge in [-0.15, -0.1) is 21.5 Å². The van der Waals surface area contributed by atoms with Crippen LogP contribution in [0.3, 0.4) is 0 Å². The summed E-state index contributed by atoms with van der Waals surface area (Å²) in [5.41, 5.74) is 2.26. The minimum atomic E-state index is 0.751. The lowest BCUT2D eigenvalue weighted by Crippen LogP contribution is -2.34. The quantitative estimate of drug-likeness (QED) is 0.724. The lowest BCUT2D eigenvalue weighted by Gasteiger charge is -2.32. The summed E-state index contributed by atoms with van der Waals surface area (Å²) in [4.78, 5) is 13.4. The predicted octanol–water partition coefficient (Wildman–Crippen LogP) is 2.84. The van der Waals surface area contributed by atoms with Crippen molar-refractivity contribution < 1.29 is 0 Å². The smallest absolute Gasteiger partial charge is 0.165 e. The van der Waals surface area contributed by atoms with Crippen LogP contribution in [0, 0.1) is 12.8 Å². The molecule has 2 aliphatic rings. The van der Waals surface area contributed by atoms with Gasteiger partial charge in [0, 0.05) is 30.5 Å². The summed E-state index contributed by atoms with van der Waals surface area (Å²) in [6.45, 7) is 4.07. The van der Waals surface area contributed by atoms with Gasteiger partial charge in [-0.3, -0.25) is 4.40 Å². The zero-order valence-electron chi connectivity index (χ0n) is 14.5. The first-order chi connectivity index (χ1) is 12.3. The molecule has 0 unspecified atom stereocenters. The van der Waals surface area contributed by atoms with E-state index in [0.717, 1.165) is 42.7 Å². The number of aromatic nitrogens is 5. The Labute approximate surface area is 150 Å². The molecule has 0 aromatic carbocycles. The molecule has 1 fully saturated rings. The molecule has 1 aliphatic carbocycles. The van der Waals surface area contributed by atoms with E-state index in [4.69, 9.17) is 4.98 Å². The highest BCUT2D eigenvalue weighted by molar-refractivity contribution is 7.11. The normalized spacial score (nSPS) is 18.2. The molecule has 3 aromatic heterocycles. The van der Waals surface area contributed by atoms with E-state index in [0.29, 0.717) is 0 Å². The fourth-order valence-corrected chi connectivity index (χ4v) is 5.28. The Balaban J connectivity index is 1.24. The van der Waals surface area contributed by atoms with Gasteiger partial charge < -0.3 is 4.90 Å². The van der Waals surface area contributed by atoms with Crippen molar-refractivity contribution in [3.63, 3.8) is 0 Å². The molecule has 5 rings (SSSR count). The number of hydrogen-bond donors (Lipinski definition) is 0. The maximum atomic E-state index is 4.87. The van der Waals surface area contributed by atoms with E-state index < -0.39 is 0 Å². The van der Waals surface area contributed by atoms with Crippen LogP contribution < -0.4 is 4.90 Å². The molecule has 0 N–H and O–H groups in total. The van der Waals surface area contributed by atoms with Crippen molar-refractivity contribution in [2.75, 3.05) is 18.0 Å². The molecular weight excluding hydrogens is 332 g/mol. The lowest BCUT2D eigenvalue weighted by atomic mass is 9.94. The first-order valence-electron chi connectivity index (χ1n) is 9.16. The van der Waals surface area contributed by atoms with Gasteiger partial charge >= 0.3 is 0 Å². The number of aryl methyl sites for hydroxylation is 3. The lowest BCUT2D eigenvalue weighted by molar-refractivity contribution is 0.401. The molecule has 1 saturated heterocycles. The van der Waals surface area contributed by atoms with Crippen molar-refractivity contribution in [2.24, 2.45) is 5.92 Å². The Kier molecular flexibility index (Phi) is 3.69. The van der Waals surface area contributed by atoms with E-state index in [1.165, 1.54) is 42.8 Å². The van der Waals surface area contributed by atoms with Gasteiger partial charge in [0.2, 0.25) is 0 Å². The molecule has 0 saturated carbocycles. The molecular formula is C18H22N6S. The Hall–Kier alpha value is -2.02. The van der Waals surface area contributed by atoms with Crippen LogP contribution in [0.2, 0.25) is 0 Å². The van der Waals surface area contributed by atoms with Crippen molar-refractivity contribution in [3.05, 3.63) is 33.8 Å². The molecule has 130 valence electrons. The van der Waals surface area contributed by atoms with Gasteiger partial charge in [-0.2, -0.15) is 0 Å². The average molecular weight is 354 g/mol. The Morgan fingerprint density at radius 2 is 2.08 bits per heavy atom. The summed E-state index contributed by atoms with van der Waals surface area (Å²) in [6, 6.07) is 2.05. The van der Waals surface area contributed by atoms with Crippen molar-refractivity contribution in [3.8, 4) is 0 Å². The standard InChI is InChI=1S/C18H22N6S/c1-12-21-22-17-10-16(19-11-24(12)17)23-7-5-13(6-8-23)9-18-20-14-3-2-4-15(14)25-18/h10-11,13H,2-9H2,1H3. The van der Waals surface area contributed by atoms with Gasteiger partial charge in [0.15, 0.2) is 5.65 Å². The third-order valence-electron chi connectivity index (χ3n) is 5.50. The zero-order valence-corrected chi connectivity index (χ0v) is 15.3. The highest BCUT2D eigenvalue weighted by Crippen LogP contribution is 2.31. The monoisotopic (exact) mass is 354 g/mol. The fourth-order valence-electron chi connectivity index (χ4n) is 4.01. The molecule has 4 heterocycles.